The number of aliphatic hydroxyl groups is 4. The largest absolute Gasteiger partial charge is 0.393 e. The van der Waals surface area contributed by atoms with Crippen molar-refractivity contribution in [3.63, 3.8) is 0 Å². The van der Waals surface area contributed by atoms with Crippen LogP contribution in [0.1, 0.15) is 46.5 Å². The van der Waals surface area contributed by atoms with E-state index in [0.29, 0.717) is 19.3 Å². The van der Waals surface area contributed by atoms with Gasteiger partial charge in [-0.3, -0.25) is 4.79 Å². The Kier molecular flexibility index (Phi) is 3.18. The highest BCUT2D eigenvalue weighted by atomic mass is 16.6. The van der Waals surface area contributed by atoms with E-state index in [-0.39, 0.29) is 29.6 Å². The zero-order chi connectivity index (χ0) is 18.9. The molecule has 0 radical (unpaired) electrons. The van der Waals surface area contributed by atoms with E-state index in [9.17, 15) is 25.2 Å². The maximum absolute atomic E-state index is 13.4. The summed E-state index contributed by atoms with van der Waals surface area (Å²) in [6.07, 6.45) is -0.607. The summed E-state index contributed by atoms with van der Waals surface area (Å²) < 4.78 is 5.87. The van der Waals surface area contributed by atoms with Crippen molar-refractivity contribution in [3.8, 4) is 0 Å². The molecule has 0 unspecified atom stereocenters. The third-order valence-electron chi connectivity index (χ3n) is 9.19. The molecule has 2 aliphatic heterocycles. The molecule has 4 aliphatic carbocycles. The lowest BCUT2D eigenvalue weighted by atomic mass is 9.35. The minimum absolute atomic E-state index is 0.0171. The van der Waals surface area contributed by atoms with Crippen molar-refractivity contribution in [2.75, 3.05) is 6.61 Å². The lowest BCUT2D eigenvalue weighted by molar-refractivity contribution is -0.455. The molecule has 6 heteroatoms. The molecule has 6 aliphatic rings. The van der Waals surface area contributed by atoms with Crippen LogP contribution >= 0.6 is 0 Å². The fourth-order valence-electron chi connectivity index (χ4n) is 8.22. The number of fused-ring (bicyclic) bond motifs is 2. The van der Waals surface area contributed by atoms with E-state index >= 15 is 0 Å². The average Bonchev–Trinajstić information content (AvgIpc) is 2.76. The van der Waals surface area contributed by atoms with Gasteiger partial charge in [0.05, 0.1) is 24.2 Å². The summed E-state index contributed by atoms with van der Waals surface area (Å²) in [5.74, 6) is -3.40. The molecule has 0 aromatic carbocycles. The first-order chi connectivity index (χ1) is 12.0. The number of carbonyl (C=O) groups excluding carboxylic acids is 1. The summed E-state index contributed by atoms with van der Waals surface area (Å²) in [6.45, 7) is 6.02. The Morgan fingerprint density at radius 1 is 1.15 bits per heavy atom. The van der Waals surface area contributed by atoms with E-state index in [4.69, 9.17) is 4.74 Å². The number of carbonyl (C=O) groups is 1. The summed E-state index contributed by atoms with van der Waals surface area (Å²) in [4.78, 5) is 13.4. The molecule has 146 valence electrons. The second-order valence-corrected chi connectivity index (χ2v) is 10.4. The smallest absolute Gasteiger partial charge is 0.205 e. The van der Waals surface area contributed by atoms with Gasteiger partial charge in [-0.1, -0.05) is 20.8 Å². The normalized spacial score (nSPS) is 62.7. The first kappa shape index (κ1) is 17.6. The molecule has 0 aromatic heterocycles. The van der Waals surface area contributed by atoms with Gasteiger partial charge in [0.1, 0.15) is 11.9 Å². The lowest BCUT2D eigenvalue weighted by Gasteiger charge is -2.74. The molecule has 4 N–H and O–H groups in total. The van der Waals surface area contributed by atoms with Gasteiger partial charge >= 0.3 is 0 Å². The van der Waals surface area contributed by atoms with E-state index in [2.05, 4.69) is 0 Å². The number of aliphatic hydroxyl groups excluding tert-OH is 3. The van der Waals surface area contributed by atoms with Crippen LogP contribution in [-0.2, 0) is 9.53 Å². The summed E-state index contributed by atoms with van der Waals surface area (Å²) >= 11 is 0. The van der Waals surface area contributed by atoms with Crippen LogP contribution in [0, 0.1) is 39.9 Å². The maximum atomic E-state index is 13.4. The second kappa shape index (κ2) is 4.71. The molecular weight excluding hydrogens is 336 g/mol. The van der Waals surface area contributed by atoms with E-state index in [1.165, 1.54) is 0 Å². The number of hydrogen-bond donors (Lipinski definition) is 4. The van der Waals surface area contributed by atoms with Crippen molar-refractivity contribution in [3.05, 3.63) is 0 Å². The van der Waals surface area contributed by atoms with Crippen LogP contribution in [0.3, 0.4) is 0 Å². The summed E-state index contributed by atoms with van der Waals surface area (Å²) in [5.41, 5.74) is -2.56. The number of hydrogen-bond acceptors (Lipinski definition) is 6. The molecule has 2 heterocycles. The molecule has 0 amide bonds. The van der Waals surface area contributed by atoms with Crippen molar-refractivity contribution in [2.24, 2.45) is 39.9 Å². The van der Waals surface area contributed by atoms with Gasteiger partial charge in [0.15, 0.2) is 0 Å². The third kappa shape index (κ3) is 1.51. The summed E-state index contributed by atoms with van der Waals surface area (Å²) in [6, 6.07) is 0. The van der Waals surface area contributed by atoms with Crippen molar-refractivity contribution in [1.29, 1.82) is 0 Å². The fourth-order valence-corrected chi connectivity index (χ4v) is 8.22. The summed E-state index contributed by atoms with van der Waals surface area (Å²) in [5, 5.41) is 45.3. The predicted molar refractivity (Wildman–Crippen MR) is 90.7 cm³/mol. The Balaban J connectivity index is 1.80. The van der Waals surface area contributed by atoms with Gasteiger partial charge in [0.2, 0.25) is 5.79 Å². The number of ketones is 1. The molecule has 6 nitrogen and oxygen atoms in total. The van der Waals surface area contributed by atoms with Gasteiger partial charge in [-0.2, -0.15) is 0 Å². The molecule has 2 spiro atoms. The standard InChI is InChI=1S/C20H30O6/c1-9-10-6-11(21)13-18-8-26-20(25,19(13,7-10)15(9)23)16(24)14(18)17(2,3)5-4-12(18)22/h9-14,16,21-22,24-25H,4-8H2,1-3H3/t9-,10-,11-,12+,13+,14-,16+,18+,19-,20-/m1/s1. The highest BCUT2D eigenvalue weighted by Crippen LogP contribution is 2.76. The van der Waals surface area contributed by atoms with E-state index in [1.54, 1.807) is 0 Å². The maximum Gasteiger partial charge on any atom is 0.205 e. The van der Waals surface area contributed by atoms with E-state index in [1.807, 2.05) is 20.8 Å². The molecule has 4 saturated carbocycles. The van der Waals surface area contributed by atoms with Gasteiger partial charge in [-0.05, 0) is 37.0 Å². The number of ether oxygens (including phenoxy) is 1. The van der Waals surface area contributed by atoms with Crippen molar-refractivity contribution in [2.45, 2.75) is 70.6 Å². The van der Waals surface area contributed by atoms with Gasteiger partial charge in [0.25, 0.3) is 0 Å². The first-order valence-corrected chi connectivity index (χ1v) is 9.99. The van der Waals surface area contributed by atoms with Crippen LogP contribution in [0.25, 0.3) is 0 Å². The van der Waals surface area contributed by atoms with Crippen molar-refractivity contribution in [1.82, 2.24) is 0 Å². The highest BCUT2D eigenvalue weighted by Gasteiger charge is 2.85. The molecule has 6 fully saturated rings. The zero-order valence-corrected chi connectivity index (χ0v) is 15.7. The van der Waals surface area contributed by atoms with Gasteiger partial charge in [-0.15, -0.1) is 0 Å². The lowest BCUT2D eigenvalue weighted by Crippen LogP contribution is -2.85. The van der Waals surface area contributed by atoms with Gasteiger partial charge in [-0.25, -0.2) is 0 Å². The Bertz CT molecular complexity index is 677. The monoisotopic (exact) mass is 366 g/mol. The Morgan fingerprint density at radius 3 is 2.54 bits per heavy atom. The summed E-state index contributed by atoms with van der Waals surface area (Å²) in [7, 11) is 0. The quantitative estimate of drug-likeness (QED) is 0.496. The van der Waals surface area contributed by atoms with Crippen LogP contribution in [0.15, 0.2) is 0 Å². The van der Waals surface area contributed by atoms with Crippen molar-refractivity contribution < 1.29 is 30.0 Å². The SMILES string of the molecule is C[C@H]1C(=O)[C@@]23C[C@H]1C[C@@H](O)[C@H]2[C@@]12CO[C@]3(O)[C@@H](O)[C@@H]1C(C)(C)CC[C@@H]2O. The van der Waals surface area contributed by atoms with Crippen LogP contribution < -0.4 is 0 Å². The Hall–Kier alpha value is -0.530. The van der Waals surface area contributed by atoms with Gasteiger partial charge < -0.3 is 25.2 Å². The Labute approximate surface area is 153 Å². The molecule has 2 saturated heterocycles. The first-order valence-electron chi connectivity index (χ1n) is 9.99. The molecule has 0 aromatic rings. The minimum atomic E-state index is -1.99. The van der Waals surface area contributed by atoms with Crippen LogP contribution in [0.5, 0.6) is 0 Å². The predicted octanol–water partition coefficient (Wildman–Crippen LogP) is 0.455. The van der Waals surface area contributed by atoms with Crippen LogP contribution in [0.4, 0.5) is 0 Å². The zero-order valence-electron chi connectivity index (χ0n) is 15.7. The minimum Gasteiger partial charge on any atom is -0.393 e. The highest BCUT2D eigenvalue weighted by molar-refractivity contribution is 5.92. The third-order valence-corrected chi connectivity index (χ3v) is 9.19. The van der Waals surface area contributed by atoms with E-state index < -0.39 is 46.8 Å². The van der Waals surface area contributed by atoms with Crippen molar-refractivity contribution >= 4 is 5.78 Å². The Morgan fingerprint density at radius 2 is 1.85 bits per heavy atom. The van der Waals surface area contributed by atoms with Crippen LogP contribution in [-0.4, -0.2) is 56.9 Å². The molecule has 6 rings (SSSR count). The van der Waals surface area contributed by atoms with Gasteiger partial charge in [0, 0.05) is 23.2 Å². The van der Waals surface area contributed by atoms with Crippen LogP contribution in [0.2, 0.25) is 0 Å². The second-order valence-electron chi connectivity index (χ2n) is 10.4. The topological polar surface area (TPSA) is 107 Å². The molecule has 26 heavy (non-hydrogen) atoms. The molecular formula is C20H30O6. The van der Waals surface area contributed by atoms with E-state index in [0.717, 1.165) is 6.42 Å². The fraction of sp³-hybridized carbons (Fsp3) is 0.950. The number of Topliss-reactive ketones (excluding diaryl/α,β-unsaturated/α-hetero) is 1. The molecule has 10 atom stereocenters. The number of rotatable bonds is 0. The molecule has 4 bridgehead atoms. The average molecular weight is 366 g/mol.